The smallest absolute Gasteiger partial charge is 0.213 e. The molecule has 1 saturated carbocycles. The van der Waals surface area contributed by atoms with Gasteiger partial charge in [0.2, 0.25) is 5.88 Å². The van der Waals surface area contributed by atoms with Crippen molar-refractivity contribution in [3.63, 3.8) is 0 Å². The topological polar surface area (TPSA) is 34.2 Å². The van der Waals surface area contributed by atoms with Crippen molar-refractivity contribution in [3.05, 3.63) is 22.8 Å². The number of rotatable bonds is 4. The van der Waals surface area contributed by atoms with E-state index in [-0.39, 0.29) is 6.10 Å². The lowest BCUT2D eigenvalue weighted by molar-refractivity contribution is 0.0531. The summed E-state index contributed by atoms with van der Waals surface area (Å²) in [6.07, 6.45) is 3.72. The van der Waals surface area contributed by atoms with Crippen molar-refractivity contribution in [2.75, 3.05) is 7.05 Å². The summed E-state index contributed by atoms with van der Waals surface area (Å²) in [5.74, 6) is 1.39. The highest BCUT2D eigenvalue weighted by Gasteiger charge is 2.33. The van der Waals surface area contributed by atoms with E-state index in [9.17, 15) is 0 Å². The van der Waals surface area contributed by atoms with Crippen molar-refractivity contribution in [2.45, 2.75) is 52.7 Å². The van der Waals surface area contributed by atoms with Crippen LogP contribution in [0, 0.1) is 11.3 Å². The minimum Gasteiger partial charge on any atom is -0.474 e. The van der Waals surface area contributed by atoms with Crippen LogP contribution in [0.25, 0.3) is 0 Å². The van der Waals surface area contributed by atoms with Crippen LogP contribution < -0.4 is 10.1 Å². The second kappa shape index (κ2) is 6.31. The van der Waals surface area contributed by atoms with E-state index in [1.807, 2.05) is 19.2 Å². The van der Waals surface area contributed by atoms with Crippen molar-refractivity contribution < 1.29 is 4.74 Å². The monoisotopic (exact) mass is 296 g/mol. The molecule has 0 spiro atoms. The second-order valence-corrected chi connectivity index (χ2v) is 7.17. The largest absolute Gasteiger partial charge is 0.474 e. The molecule has 3 nitrogen and oxygen atoms in total. The van der Waals surface area contributed by atoms with Gasteiger partial charge >= 0.3 is 0 Å². The molecule has 0 radical (unpaired) electrons. The van der Waals surface area contributed by atoms with Crippen LogP contribution in [-0.2, 0) is 6.54 Å². The molecule has 0 bridgehead atoms. The molecule has 2 atom stereocenters. The van der Waals surface area contributed by atoms with Crippen LogP contribution in [-0.4, -0.2) is 18.1 Å². The van der Waals surface area contributed by atoms with E-state index in [1.165, 1.54) is 6.42 Å². The minimum absolute atomic E-state index is 0.255. The van der Waals surface area contributed by atoms with Gasteiger partial charge in [-0.15, -0.1) is 0 Å². The van der Waals surface area contributed by atoms with Crippen molar-refractivity contribution in [1.82, 2.24) is 10.3 Å². The maximum absolute atomic E-state index is 6.13. The molecule has 0 aromatic carbocycles. The molecular weight excluding hydrogens is 272 g/mol. The number of pyridine rings is 1. The Labute approximate surface area is 127 Å². The molecule has 2 rings (SSSR count). The van der Waals surface area contributed by atoms with E-state index in [0.717, 1.165) is 18.5 Å². The Bertz CT molecular complexity index is 462. The Balaban J connectivity index is 2.07. The van der Waals surface area contributed by atoms with Crippen LogP contribution in [0.3, 0.4) is 0 Å². The summed E-state index contributed by atoms with van der Waals surface area (Å²) >= 11 is 6.13. The van der Waals surface area contributed by atoms with E-state index in [2.05, 4.69) is 31.1 Å². The third-order valence-electron chi connectivity index (χ3n) is 3.87. The summed E-state index contributed by atoms with van der Waals surface area (Å²) in [6.45, 7) is 7.60. The van der Waals surface area contributed by atoms with Crippen LogP contribution in [0.4, 0.5) is 0 Å². The average Bonchev–Trinajstić information content (AvgIpc) is 2.31. The first kappa shape index (κ1) is 15.6. The van der Waals surface area contributed by atoms with Crippen molar-refractivity contribution in [3.8, 4) is 5.88 Å². The van der Waals surface area contributed by atoms with Gasteiger partial charge in [-0.1, -0.05) is 32.4 Å². The Kier molecular flexibility index (Phi) is 4.92. The zero-order chi connectivity index (χ0) is 14.8. The lowest BCUT2D eigenvalue weighted by Gasteiger charge is -2.38. The highest BCUT2D eigenvalue weighted by molar-refractivity contribution is 6.31. The summed E-state index contributed by atoms with van der Waals surface area (Å²) in [5.41, 5.74) is 1.19. The average molecular weight is 297 g/mol. The maximum Gasteiger partial charge on any atom is 0.213 e. The molecule has 1 aromatic rings. The van der Waals surface area contributed by atoms with Gasteiger partial charge in [0.25, 0.3) is 0 Å². The predicted octanol–water partition coefficient (Wildman–Crippen LogP) is 4.05. The molecule has 1 aromatic heterocycles. The third-order valence-corrected chi connectivity index (χ3v) is 4.22. The van der Waals surface area contributed by atoms with E-state index in [1.54, 1.807) is 0 Å². The first-order valence-electron chi connectivity index (χ1n) is 7.36. The van der Waals surface area contributed by atoms with Crippen LogP contribution in [0.1, 0.15) is 45.7 Å². The molecule has 1 aliphatic rings. The van der Waals surface area contributed by atoms with Crippen molar-refractivity contribution >= 4 is 11.6 Å². The van der Waals surface area contributed by atoms with Gasteiger partial charge < -0.3 is 10.1 Å². The number of ether oxygens (including phenoxy) is 1. The summed E-state index contributed by atoms with van der Waals surface area (Å²) in [6, 6.07) is 3.74. The quantitative estimate of drug-likeness (QED) is 0.910. The van der Waals surface area contributed by atoms with Gasteiger partial charge in [0.15, 0.2) is 0 Å². The molecule has 112 valence electrons. The van der Waals surface area contributed by atoms with E-state index in [4.69, 9.17) is 16.3 Å². The maximum atomic E-state index is 6.13. The first-order chi connectivity index (χ1) is 9.39. The van der Waals surface area contributed by atoms with Gasteiger partial charge in [-0.05, 0) is 43.7 Å². The lowest BCUT2D eigenvalue weighted by Crippen LogP contribution is -2.34. The van der Waals surface area contributed by atoms with Gasteiger partial charge in [-0.2, -0.15) is 0 Å². The van der Waals surface area contributed by atoms with Crippen LogP contribution in [0.15, 0.2) is 12.1 Å². The molecule has 0 aliphatic heterocycles. The molecule has 0 amide bonds. The fourth-order valence-corrected chi connectivity index (χ4v) is 3.51. The minimum atomic E-state index is 0.255. The van der Waals surface area contributed by atoms with Crippen molar-refractivity contribution in [1.29, 1.82) is 0 Å². The van der Waals surface area contributed by atoms with Gasteiger partial charge in [0, 0.05) is 12.6 Å². The highest BCUT2D eigenvalue weighted by Crippen LogP contribution is 2.39. The summed E-state index contributed by atoms with van der Waals surface area (Å²) in [5, 5.41) is 3.76. The molecule has 1 heterocycles. The Hall–Kier alpha value is -0.800. The molecule has 4 heteroatoms. The molecule has 1 N–H and O–H groups in total. The van der Waals surface area contributed by atoms with Crippen molar-refractivity contribution in [2.24, 2.45) is 11.3 Å². The number of aromatic nitrogens is 1. The van der Waals surface area contributed by atoms with E-state index in [0.29, 0.717) is 28.8 Å². The zero-order valence-electron chi connectivity index (χ0n) is 12.9. The van der Waals surface area contributed by atoms with Crippen LogP contribution in [0.5, 0.6) is 5.88 Å². The van der Waals surface area contributed by atoms with Gasteiger partial charge in [-0.3, -0.25) is 0 Å². The number of nitrogens with zero attached hydrogens (tertiary/aromatic N) is 1. The molecule has 1 aliphatic carbocycles. The summed E-state index contributed by atoms with van der Waals surface area (Å²) < 4.78 is 6.11. The normalized spacial score (nSPS) is 25.4. The molecule has 0 saturated heterocycles. The third kappa shape index (κ3) is 4.10. The Morgan fingerprint density at radius 3 is 2.80 bits per heavy atom. The molecule has 1 fully saturated rings. The Morgan fingerprint density at radius 2 is 2.15 bits per heavy atom. The number of nitrogens with one attached hydrogen (secondary N) is 1. The fraction of sp³-hybridized carbons (Fsp3) is 0.688. The SMILES string of the molecule is CNCc1nc(OC2CC(C)CC(C)(C)C2)ccc1Cl. The van der Waals surface area contributed by atoms with Gasteiger partial charge in [0.05, 0.1) is 10.7 Å². The Morgan fingerprint density at radius 1 is 1.40 bits per heavy atom. The molecular formula is C16H25ClN2O. The molecule has 20 heavy (non-hydrogen) atoms. The predicted molar refractivity (Wildman–Crippen MR) is 83.2 cm³/mol. The standard InChI is InChI=1S/C16H25ClN2O/c1-11-7-12(9-16(2,3)8-11)20-15-6-5-13(17)14(19-15)10-18-4/h5-6,11-12,18H,7-10H2,1-4H3. The number of hydrogen-bond donors (Lipinski definition) is 1. The number of hydrogen-bond acceptors (Lipinski definition) is 3. The highest BCUT2D eigenvalue weighted by atomic mass is 35.5. The van der Waals surface area contributed by atoms with Gasteiger partial charge in [-0.25, -0.2) is 4.98 Å². The summed E-state index contributed by atoms with van der Waals surface area (Å²) in [4.78, 5) is 4.51. The zero-order valence-corrected chi connectivity index (χ0v) is 13.6. The van der Waals surface area contributed by atoms with Crippen LogP contribution >= 0.6 is 11.6 Å². The second-order valence-electron chi connectivity index (χ2n) is 6.76. The number of halogens is 1. The van der Waals surface area contributed by atoms with Crippen LogP contribution in [0.2, 0.25) is 5.02 Å². The van der Waals surface area contributed by atoms with Gasteiger partial charge in [0.1, 0.15) is 6.10 Å². The fourth-order valence-electron chi connectivity index (χ4n) is 3.34. The van der Waals surface area contributed by atoms with E-state index < -0.39 is 0 Å². The summed E-state index contributed by atoms with van der Waals surface area (Å²) in [7, 11) is 1.89. The van der Waals surface area contributed by atoms with E-state index >= 15 is 0 Å². The first-order valence-corrected chi connectivity index (χ1v) is 7.74. The molecule has 2 unspecified atom stereocenters. The lowest BCUT2D eigenvalue weighted by atomic mass is 9.71.